The van der Waals surface area contributed by atoms with E-state index in [1.54, 1.807) is 48.7 Å². The Labute approximate surface area is 196 Å². The summed E-state index contributed by atoms with van der Waals surface area (Å²) in [5, 5.41) is 0.932. The summed E-state index contributed by atoms with van der Waals surface area (Å²) >= 11 is 6.36. The quantitative estimate of drug-likeness (QED) is 0.406. The fourth-order valence-corrected chi connectivity index (χ4v) is 5.45. The van der Waals surface area contributed by atoms with Crippen LogP contribution < -0.4 is 4.90 Å². The first-order chi connectivity index (χ1) is 15.8. The first-order valence-electron chi connectivity index (χ1n) is 10.5. The van der Waals surface area contributed by atoms with Crippen molar-refractivity contribution in [1.82, 2.24) is 18.9 Å². The zero-order chi connectivity index (χ0) is 23.2. The number of aryl methyl sites for hydroxylation is 1. The van der Waals surface area contributed by atoms with Crippen molar-refractivity contribution >= 4 is 38.5 Å². The topological polar surface area (TPSA) is 90.2 Å². The summed E-state index contributed by atoms with van der Waals surface area (Å²) in [6.07, 6.45) is 3.06. The molecule has 0 saturated carbocycles. The number of halogens is 1. The Bertz CT molecular complexity index is 1440. The number of anilines is 1. The highest BCUT2D eigenvalue weighted by Gasteiger charge is 2.24. The highest BCUT2D eigenvalue weighted by molar-refractivity contribution is 7.90. The predicted molar refractivity (Wildman–Crippen MR) is 127 cm³/mol. The smallest absolute Gasteiger partial charge is 0.269 e. The van der Waals surface area contributed by atoms with Crippen molar-refractivity contribution in [2.75, 3.05) is 24.7 Å². The summed E-state index contributed by atoms with van der Waals surface area (Å²) < 4.78 is 33.3. The number of ether oxygens (including phenoxy) is 1. The number of rotatable bonds is 4. The maximum atomic E-state index is 13.3. The Balaban J connectivity index is 1.61. The van der Waals surface area contributed by atoms with E-state index in [9.17, 15) is 8.42 Å². The first-order valence-corrected chi connectivity index (χ1v) is 12.3. The zero-order valence-electron chi connectivity index (χ0n) is 18.1. The zero-order valence-corrected chi connectivity index (χ0v) is 19.7. The van der Waals surface area contributed by atoms with Crippen molar-refractivity contribution in [2.45, 2.75) is 24.8 Å². The third kappa shape index (κ3) is 3.96. The Kier molecular flexibility index (Phi) is 5.55. The van der Waals surface area contributed by atoms with E-state index in [4.69, 9.17) is 21.3 Å². The number of hydrogen-bond donors (Lipinski definition) is 0. The van der Waals surface area contributed by atoms with Gasteiger partial charge in [0, 0.05) is 36.0 Å². The summed E-state index contributed by atoms with van der Waals surface area (Å²) in [6, 6.07) is 12.1. The van der Waals surface area contributed by atoms with Gasteiger partial charge >= 0.3 is 0 Å². The van der Waals surface area contributed by atoms with Crippen molar-refractivity contribution in [3.63, 3.8) is 0 Å². The van der Waals surface area contributed by atoms with Gasteiger partial charge in [-0.05, 0) is 38.1 Å². The Morgan fingerprint density at radius 2 is 1.91 bits per heavy atom. The SMILES string of the molecule is Cc1ccc(S(=O)(=O)n2ccc3c(-c4nc(Cl)cc(N5CCOCC5C)n4)ccnc32)cc1. The lowest BCUT2D eigenvalue weighted by atomic mass is 10.1. The van der Waals surface area contributed by atoms with Crippen LogP contribution in [0.3, 0.4) is 0 Å². The van der Waals surface area contributed by atoms with Gasteiger partial charge in [-0.1, -0.05) is 29.3 Å². The van der Waals surface area contributed by atoms with Crippen molar-refractivity contribution < 1.29 is 13.2 Å². The molecule has 4 heterocycles. The van der Waals surface area contributed by atoms with Gasteiger partial charge in [0.15, 0.2) is 11.5 Å². The summed E-state index contributed by atoms with van der Waals surface area (Å²) in [7, 11) is -3.81. The van der Waals surface area contributed by atoms with Crippen LogP contribution in [0.25, 0.3) is 22.4 Å². The average molecular weight is 484 g/mol. The van der Waals surface area contributed by atoms with Crippen LogP contribution in [0.15, 0.2) is 59.8 Å². The molecule has 170 valence electrons. The molecule has 33 heavy (non-hydrogen) atoms. The molecule has 1 aliphatic heterocycles. The van der Waals surface area contributed by atoms with Gasteiger partial charge in [0.2, 0.25) is 0 Å². The second-order valence-corrected chi connectivity index (χ2v) is 10.2. The number of pyridine rings is 1. The van der Waals surface area contributed by atoms with Crippen LogP contribution in [-0.4, -0.2) is 53.1 Å². The minimum atomic E-state index is -3.81. The van der Waals surface area contributed by atoms with Gasteiger partial charge in [-0.2, -0.15) is 0 Å². The number of fused-ring (bicyclic) bond motifs is 1. The molecule has 1 aliphatic rings. The Morgan fingerprint density at radius 1 is 1.12 bits per heavy atom. The largest absolute Gasteiger partial charge is 0.377 e. The van der Waals surface area contributed by atoms with E-state index in [1.165, 1.54) is 10.2 Å². The monoisotopic (exact) mass is 483 g/mol. The fraction of sp³-hybridized carbons (Fsp3) is 0.261. The summed E-state index contributed by atoms with van der Waals surface area (Å²) in [4.78, 5) is 15.9. The number of nitrogens with zero attached hydrogens (tertiary/aromatic N) is 5. The molecular formula is C23H22ClN5O3S. The number of hydrogen-bond acceptors (Lipinski definition) is 7. The van der Waals surface area contributed by atoms with Crippen LogP contribution in [0.2, 0.25) is 5.15 Å². The molecule has 4 aromatic rings. The van der Waals surface area contributed by atoms with Gasteiger partial charge in [0.25, 0.3) is 10.0 Å². The highest BCUT2D eigenvalue weighted by Crippen LogP contribution is 2.31. The normalized spacial score (nSPS) is 16.9. The first kappa shape index (κ1) is 21.8. The van der Waals surface area contributed by atoms with Crippen LogP contribution >= 0.6 is 11.6 Å². The van der Waals surface area contributed by atoms with E-state index in [-0.39, 0.29) is 10.9 Å². The molecule has 0 bridgehead atoms. The van der Waals surface area contributed by atoms with E-state index in [0.717, 1.165) is 5.56 Å². The van der Waals surface area contributed by atoms with Crippen LogP contribution in [0, 0.1) is 6.92 Å². The molecule has 5 rings (SSSR count). The fourth-order valence-electron chi connectivity index (χ4n) is 3.97. The van der Waals surface area contributed by atoms with Gasteiger partial charge in [0.05, 0.1) is 24.2 Å². The van der Waals surface area contributed by atoms with E-state index < -0.39 is 10.0 Å². The molecule has 10 heteroatoms. The molecule has 0 aliphatic carbocycles. The maximum absolute atomic E-state index is 13.3. The van der Waals surface area contributed by atoms with Crippen molar-refractivity contribution in [2.24, 2.45) is 0 Å². The number of benzene rings is 1. The van der Waals surface area contributed by atoms with E-state index in [1.807, 2.05) is 6.92 Å². The van der Waals surface area contributed by atoms with Crippen LogP contribution in [0.4, 0.5) is 5.82 Å². The molecule has 0 N–H and O–H groups in total. The van der Waals surface area contributed by atoms with Gasteiger partial charge < -0.3 is 9.64 Å². The average Bonchev–Trinajstić information content (AvgIpc) is 3.24. The molecule has 1 fully saturated rings. The molecule has 0 amide bonds. The van der Waals surface area contributed by atoms with E-state index in [0.29, 0.717) is 53.2 Å². The Hall–Kier alpha value is -3.01. The van der Waals surface area contributed by atoms with Crippen molar-refractivity contribution in [3.05, 3.63) is 65.6 Å². The lowest BCUT2D eigenvalue weighted by molar-refractivity contribution is 0.0985. The van der Waals surface area contributed by atoms with Crippen LogP contribution in [-0.2, 0) is 14.8 Å². The van der Waals surface area contributed by atoms with Crippen molar-refractivity contribution in [3.8, 4) is 11.4 Å². The van der Waals surface area contributed by atoms with Gasteiger partial charge in [-0.15, -0.1) is 0 Å². The Morgan fingerprint density at radius 3 is 2.67 bits per heavy atom. The minimum absolute atomic E-state index is 0.149. The lowest BCUT2D eigenvalue weighted by Crippen LogP contribution is -2.44. The second kappa shape index (κ2) is 8.40. The number of aromatic nitrogens is 4. The molecule has 8 nitrogen and oxygen atoms in total. The van der Waals surface area contributed by atoms with Crippen molar-refractivity contribution in [1.29, 1.82) is 0 Å². The molecule has 0 radical (unpaired) electrons. The lowest BCUT2D eigenvalue weighted by Gasteiger charge is -2.34. The predicted octanol–water partition coefficient (Wildman–Crippen LogP) is 3.92. The highest BCUT2D eigenvalue weighted by atomic mass is 35.5. The summed E-state index contributed by atoms with van der Waals surface area (Å²) in [5.74, 6) is 1.12. The van der Waals surface area contributed by atoms with E-state index in [2.05, 4.69) is 21.8 Å². The maximum Gasteiger partial charge on any atom is 0.269 e. The van der Waals surface area contributed by atoms with Gasteiger partial charge in [0.1, 0.15) is 11.0 Å². The van der Waals surface area contributed by atoms with Crippen LogP contribution in [0.5, 0.6) is 0 Å². The molecule has 3 aromatic heterocycles. The van der Waals surface area contributed by atoms with Crippen LogP contribution in [0.1, 0.15) is 12.5 Å². The molecule has 1 aromatic carbocycles. The second-order valence-electron chi connectivity index (χ2n) is 8.02. The van der Waals surface area contributed by atoms with Gasteiger partial charge in [-0.3, -0.25) is 0 Å². The van der Waals surface area contributed by atoms with Gasteiger partial charge in [-0.25, -0.2) is 27.3 Å². The molecule has 1 unspecified atom stereocenters. The standard InChI is InChI=1S/C23H22ClN5O3S/c1-15-3-5-17(6-4-15)33(30,31)29-10-8-19-18(7-9-25-23(19)29)22-26-20(24)13-21(27-22)28-11-12-32-14-16(28)2/h3-10,13,16H,11-12,14H2,1-2H3. The third-order valence-corrected chi connectivity index (χ3v) is 7.59. The molecule has 0 spiro atoms. The molecular weight excluding hydrogens is 462 g/mol. The third-order valence-electron chi connectivity index (χ3n) is 5.72. The summed E-state index contributed by atoms with van der Waals surface area (Å²) in [5.41, 5.74) is 1.94. The minimum Gasteiger partial charge on any atom is -0.377 e. The summed E-state index contributed by atoms with van der Waals surface area (Å²) in [6.45, 7) is 5.89. The molecule has 1 saturated heterocycles. The van der Waals surface area contributed by atoms with E-state index >= 15 is 0 Å². The molecule has 1 atom stereocenters. The number of morpholine rings is 1.